The van der Waals surface area contributed by atoms with Gasteiger partial charge >= 0.3 is 0 Å². The van der Waals surface area contributed by atoms with Crippen molar-refractivity contribution >= 4 is 5.91 Å². The van der Waals surface area contributed by atoms with Gasteiger partial charge in [0.05, 0.1) is 12.5 Å². The van der Waals surface area contributed by atoms with Crippen LogP contribution in [0.5, 0.6) is 0 Å². The van der Waals surface area contributed by atoms with Gasteiger partial charge in [0.1, 0.15) is 11.6 Å². The number of hydrogen-bond donors (Lipinski definition) is 1. The molecule has 4 rings (SSSR count). The van der Waals surface area contributed by atoms with Crippen LogP contribution in [0.25, 0.3) is 0 Å². The highest BCUT2D eigenvalue weighted by molar-refractivity contribution is 5.79. The summed E-state index contributed by atoms with van der Waals surface area (Å²) in [6.45, 7) is 3.39. The molecule has 1 fully saturated rings. The SMILES string of the molecule is O=C(Cc1ccc(F)cc1)N1CCC[C@H]1c1nnc2n1CCNCC2. The summed E-state index contributed by atoms with van der Waals surface area (Å²) in [7, 11) is 0. The van der Waals surface area contributed by atoms with Crippen molar-refractivity contribution in [2.24, 2.45) is 0 Å². The lowest BCUT2D eigenvalue weighted by Gasteiger charge is -2.24. The molecule has 0 aliphatic carbocycles. The first-order chi connectivity index (χ1) is 12.2. The first kappa shape index (κ1) is 16.2. The molecule has 0 bridgehead atoms. The molecular formula is C18H22FN5O. The topological polar surface area (TPSA) is 63.1 Å². The molecule has 1 saturated heterocycles. The number of aromatic nitrogens is 3. The molecule has 7 heteroatoms. The summed E-state index contributed by atoms with van der Waals surface area (Å²) >= 11 is 0. The van der Waals surface area contributed by atoms with E-state index < -0.39 is 0 Å². The fourth-order valence-electron chi connectivity index (χ4n) is 3.75. The molecule has 1 aromatic carbocycles. The number of fused-ring (bicyclic) bond motifs is 1. The smallest absolute Gasteiger partial charge is 0.227 e. The third-order valence-corrected chi connectivity index (χ3v) is 5.03. The molecule has 1 atom stereocenters. The standard InChI is InChI=1S/C18H22FN5O/c19-14-5-3-13(4-6-14)12-17(25)23-10-1-2-15(23)18-22-21-16-7-8-20-9-11-24(16)18/h3-6,15,20H,1-2,7-12H2/t15-/m0/s1. The van der Waals surface area contributed by atoms with Crippen molar-refractivity contribution in [3.05, 3.63) is 47.3 Å². The molecule has 3 heterocycles. The van der Waals surface area contributed by atoms with Gasteiger partial charge in [0.15, 0.2) is 5.82 Å². The van der Waals surface area contributed by atoms with Crippen molar-refractivity contribution in [3.63, 3.8) is 0 Å². The molecule has 0 unspecified atom stereocenters. The molecule has 25 heavy (non-hydrogen) atoms. The number of likely N-dealkylation sites (tertiary alicyclic amines) is 1. The number of nitrogens with zero attached hydrogens (tertiary/aromatic N) is 4. The fourth-order valence-corrected chi connectivity index (χ4v) is 3.75. The van der Waals surface area contributed by atoms with E-state index in [4.69, 9.17) is 0 Å². The van der Waals surface area contributed by atoms with Crippen LogP contribution in [0.1, 0.15) is 36.1 Å². The number of nitrogens with one attached hydrogen (secondary N) is 1. The Kier molecular flexibility index (Phi) is 4.48. The van der Waals surface area contributed by atoms with Gasteiger partial charge in [-0.1, -0.05) is 12.1 Å². The molecule has 2 aliphatic heterocycles. The van der Waals surface area contributed by atoms with E-state index in [9.17, 15) is 9.18 Å². The van der Waals surface area contributed by atoms with Crippen LogP contribution in [0.3, 0.4) is 0 Å². The monoisotopic (exact) mass is 343 g/mol. The van der Waals surface area contributed by atoms with E-state index in [0.717, 1.165) is 62.7 Å². The van der Waals surface area contributed by atoms with Crippen LogP contribution in [0.2, 0.25) is 0 Å². The first-order valence-corrected chi connectivity index (χ1v) is 8.89. The summed E-state index contributed by atoms with van der Waals surface area (Å²) in [4.78, 5) is 14.7. The lowest BCUT2D eigenvalue weighted by atomic mass is 10.1. The van der Waals surface area contributed by atoms with E-state index in [1.807, 2.05) is 4.90 Å². The number of carbonyl (C=O) groups is 1. The van der Waals surface area contributed by atoms with Gasteiger partial charge in [-0.15, -0.1) is 10.2 Å². The molecule has 132 valence electrons. The predicted octanol–water partition coefficient (Wildman–Crippen LogP) is 1.47. The summed E-state index contributed by atoms with van der Waals surface area (Å²) in [5, 5.41) is 12.1. The maximum atomic E-state index is 13.0. The second kappa shape index (κ2) is 6.92. The number of halogens is 1. The summed E-state index contributed by atoms with van der Waals surface area (Å²) in [5.41, 5.74) is 0.835. The fraction of sp³-hybridized carbons (Fsp3) is 0.500. The Morgan fingerprint density at radius 3 is 2.88 bits per heavy atom. The number of carbonyl (C=O) groups excluding carboxylic acids is 1. The molecule has 0 radical (unpaired) electrons. The van der Waals surface area contributed by atoms with Crippen molar-refractivity contribution in [1.82, 2.24) is 25.0 Å². The molecule has 1 amide bonds. The maximum absolute atomic E-state index is 13.0. The van der Waals surface area contributed by atoms with Gasteiger partial charge in [0.25, 0.3) is 0 Å². The summed E-state index contributed by atoms with van der Waals surface area (Å²) in [5.74, 6) is 1.69. The normalized spacial score (nSPS) is 20.4. The zero-order chi connectivity index (χ0) is 17.2. The molecule has 1 N–H and O–H groups in total. The summed E-state index contributed by atoms with van der Waals surface area (Å²) in [6, 6.07) is 6.14. The highest BCUT2D eigenvalue weighted by Gasteiger charge is 2.34. The van der Waals surface area contributed by atoms with Crippen LogP contribution in [0, 0.1) is 5.82 Å². The Hall–Kier alpha value is -2.28. The zero-order valence-corrected chi connectivity index (χ0v) is 14.1. The number of hydrogen-bond acceptors (Lipinski definition) is 4. The second-order valence-electron chi connectivity index (χ2n) is 6.67. The van der Waals surface area contributed by atoms with Gasteiger partial charge in [-0.2, -0.15) is 0 Å². The Bertz CT molecular complexity index is 757. The van der Waals surface area contributed by atoms with Crippen LogP contribution >= 0.6 is 0 Å². The Morgan fingerprint density at radius 1 is 1.20 bits per heavy atom. The number of benzene rings is 1. The molecular weight excluding hydrogens is 321 g/mol. The molecule has 0 saturated carbocycles. The third kappa shape index (κ3) is 3.28. The minimum absolute atomic E-state index is 0.00713. The Labute approximate surface area is 146 Å². The Morgan fingerprint density at radius 2 is 2.04 bits per heavy atom. The molecule has 0 spiro atoms. The van der Waals surface area contributed by atoms with E-state index in [0.29, 0.717) is 6.42 Å². The van der Waals surface area contributed by atoms with Crippen LogP contribution in [0.4, 0.5) is 4.39 Å². The quantitative estimate of drug-likeness (QED) is 0.917. The van der Waals surface area contributed by atoms with Gasteiger partial charge < -0.3 is 14.8 Å². The van der Waals surface area contributed by atoms with E-state index in [2.05, 4.69) is 20.1 Å². The van der Waals surface area contributed by atoms with Crippen molar-refractivity contribution < 1.29 is 9.18 Å². The van der Waals surface area contributed by atoms with Gasteiger partial charge in [-0.3, -0.25) is 4.79 Å². The average molecular weight is 343 g/mol. The second-order valence-corrected chi connectivity index (χ2v) is 6.67. The highest BCUT2D eigenvalue weighted by atomic mass is 19.1. The van der Waals surface area contributed by atoms with Crippen molar-refractivity contribution in [2.75, 3.05) is 19.6 Å². The minimum Gasteiger partial charge on any atom is -0.332 e. The van der Waals surface area contributed by atoms with E-state index >= 15 is 0 Å². The van der Waals surface area contributed by atoms with Crippen molar-refractivity contribution in [1.29, 1.82) is 0 Å². The lowest BCUT2D eigenvalue weighted by Crippen LogP contribution is -2.33. The van der Waals surface area contributed by atoms with Gasteiger partial charge in [0.2, 0.25) is 5.91 Å². The maximum Gasteiger partial charge on any atom is 0.227 e. The lowest BCUT2D eigenvalue weighted by molar-refractivity contribution is -0.131. The minimum atomic E-state index is -0.282. The number of amides is 1. The van der Waals surface area contributed by atoms with Crippen molar-refractivity contribution in [3.8, 4) is 0 Å². The van der Waals surface area contributed by atoms with Crippen LogP contribution < -0.4 is 5.32 Å². The van der Waals surface area contributed by atoms with Crippen LogP contribution in [0.15, 0.2) is 24.3 Å². The van der Waals surface area contributed by atoms with Gasteiger partial charge in [-0.25, -0.2) is 4.39 Å². The largest absolute Gasteiger partial charge is 0.332 e. The Balaban J connectivity index is 1.53. The van der Waals surface area contributed by atoms with Gasteiger partial charge in [0, 0.05) is 32.6 Å². The molecule has 6 nitrogen and oxygen atoms in total. The highest BCUT2D eigenvalue weighted by Crippen LogP contribution is 2.32. The molecule has 2 aromatic rings. The van der Waals surface area contributed by atoms with Crippen LogP contribution in [-0.4, -0.2) is 45.2 Å². The van der Waals surface area contributed by atoms with Gasteiger partial charge in [-0.05, 0) is 30.5 Å². The number of rotatable bonds is 3. The summed E-state index contributed by atoms with van der Waals surface area (Å²) < 4.78 is 15.2. The van der Waals surface area contributed by atoms with Crippen molar-refractivity contribution in [2.45, 2.75) is 38.3 Å². The van der Waals surface area contributed by atoms with Crippen LogP contribution in [-0.2, 0) is 24.2 Å². The first-order valence-electron chi connectivity index (χ1n) is 8.89. The average Bonchev–Trinajstić information content (AvgIpc) is 3.18. The third-order valence-electron chi connectivity index (χ3n) is 5.03. The predicted molar refractivity (Wildman–Crippen MR) is 90.4 cm³/mol. The summed E-state index contributed by atoms with van der Waals surface area (Å²) in [6.07, 6.45) is 3.05. The van der Waals surface area contributed by atoms with E-state index in [1.54, 1.807) is 12.1 Å². The molecule has 1 aromatic heterocycles. The molecule has 2 aliphatic rings. The van der Waals surface area contributed by atoms with E-state index in [-0.39, 0.29) is 17.8 Å². The zero-order valence-electron chi connectivity index (χ0n) is 14.1. The van der Waals surface area contributed by atoms with E-state index in [1.165, 1.54) is 12.1 Å².